The van der Waals surface area contributed by atoms with Gasteiger partial charge in [0, 0.05) is 24.3 Å². The molecule has 0 aliphatic heterocycles. The molecule has 0 unspecified atom stereocenters. The van der Waals surface area contributed by atoms with E-state index in [2.05, 4.69) is 15.9 Å². The molecular formula is C10H14BrFN2O4S2. The molecule has 0 saturated heterocycles. The molecule has 0 saturated carbocycles. The third kappa shape index (κ3) is 4.14. The maximum absolute atomic E-state index is 13.2. The number of sulfonamides is 1. The lowest BCUT2D eigenvalue weighted by molar-refractivity contribution is 0.484. The van der Waals surface area contributed by atoms with Gasteiger partial charge in [0.25, 0.3) is 0 Å². The molecule has 2 N–H and O–H groups in total. The van der Waals surface area contributed by atoms with Crippen LogP contribution in [0.3, 0.4) is 0 Å². The molecule has 0 aromatic heterocycles. The molecule has 114 valence electrons. The van der Waals surface area contributed by atoms with Crippen LogP contribution < -0.4 is 5.73 Å². The molecule has 1 rings (SSSR count). The largest absolute Gasteiger partial charge is 0.396 e. The highest BCUT2D eigenvalue weighted by Gasteiger charge is 2.25. The summed E-state index contributed by atoms with van der Waals surface area (Å²) in [5, 5.41) is 0. The Hall–Kier alpha value is -0.710. The number of nitrogens with two attached hydrogens (primary N) is 1. The van der Waals surface area contributed by atoms with Gasteiger partial charge < -0.3 is 5.73 Å². The van der Waals surface area contributed by atoms with E-state index < -0.39 is 25.7 Å². The minimum absolute atomic E-state index is 0.0235. The van der Waals surface area contributed by atoms with Crippen LogP contribution in [0.1, 0.15) is 0 Å². The van der Waals surface area contributed by atoms with Gasteiger partial charge in [-0.05, 0) is 28.1 Å². The summed E-state index contributed by atoms with van der Waals surface area (Å²) >= 11 is 2.96. The fraction of sp³-hybridized carbons (Fsp3) is 0.400. The topological polar surface area (TPSA) is 97.5 Å². The lowest BCUT2D eigenvalue weighted by Gasteiger charge is -2.18. The summed E-state index contributed by atoms with van der Waals surface area (Å²) in [5.41, 5.74) is 5.05. The highest BCUT2D eigenvalue weighted by Crippen LogP contribution is 2.28. The Morgan fingerprint density at radius 3 is 2.35 bits per heavy atom. The fourth-order valence-electron chi connectivity index (χ4n) is 1.32. The minimum atomic E-state index is -3.96. The van der Waals surface area contributed by atoms with E-state index in [1.54, 1.807) is 0 Å². The number of halogens is 2. The first kappa shape index (κ1) is 17.3. The molecule has 1 aromatic carbocycles. The normalized spacial score (nSPS) is 12.8. The van der Waals surface area contributed by atoms with Crippen molar-refractivity contribution >= 4 is 41.5 Å². The van der Waals surface area contributed by atoms with Gasteiger partial charge in [-0.1, -0.05) is 0 Å². The average Bonchev–Trinajstić information content (AvgIpc) is 2.29. The number of rotatable bonds is 5. The molecule has 0 heterocycles. The molecule has 0 aliphatic carbocycles. The first-order valence-electron chi connectivity index (χ1n) is 5.34. The third-order valence-electron chi connectivity index (χ3n) is 2.52. The summed E-state index contributed by atoms with van der Waals surface area (Å²) in [6.45, 7) is -0.203. The number of nitrogen functional groups attached to an aromatic ring is 1. The molecule has 0 aliphatic rings. The lowest BCUT2D eigenvalue weighted by Crippen LogP contribution is -2.31. The highest BCUT2D eigenvalue weighted by atomic mass is 79.9. The Balaban J connectivity index is 3.14. The third-order valence-corrected chi connectivity index (χ3v) is 6.26. The van der Waals surface area contributed by atoms with Crippen LogP contribution in [0.25, 0.3) is 0 Å². The molecule has 0 spiro atoms. The van der Waals surface area contributed by atoms with Gasteiger partial charge >= 0.3 is 0 Å². The second kappa shape index (κ2) is 5.96. The number of benzene rings is 1. The van der Waals surface area contributed by atoms with Crippen molar-refractivity contribution in [2.24, 2.45) is 0 Å². The van der Waals surface area contributed by atoms with Gasteiger partial charge in [-0.3, -0.25) is 0 Å². The van der Waals surface area contributed by atoms with Crippen molar-refractivity contribution in [3.8, 4) is 0 Å². The van der Waals surface area contributed by atoms with Crippen LogP contribution in [0.15, 0.2) is 21.5 Å². The Bertz CT molecular complexity index is 719. The van der Waals surface area contributed by atoms with Crippen LogP contribution in [-0.2, 0) is 19.9 Å². The van der Waals surface area contributed by atoms with Crippen molar-refractivity contribution in [1.82, 2.24) is 4.31 Å². The molecule has 0 radical (unpaired) electrons. The smallest absolute Gasteiger partial charge is 0.244 e. The van der Waals surface area contributed by atoms with Crippen molar-refractivity contribution in [2.45, 2.75) is 4.90 Å². The van der Waals surface area contributed by atoms with E-state index in [1.165, 1.54) is 7.05 Å². The Morgan fingerprint density at radius 1 is 1.30 bits per heavy atom. The molecule has 0 bridgehead atoms. The molecule has 10 heteroatoms. The SMILES string of the molecule is CN(CCS(C)(=O)=O)S(=O)(=O)c1cc(N)c(F)cc1Br. The summed E-state index contributed by atoms with van der Waals surface area (Å²) in [5.74, 6) is -1.05. The summed E-state index contributed by atoms with van der Waals surface area (Å²) in [6, 6.07) is 1.94. The zero-order valence-corrected chi connectivity index (χ0v) is 14.0. The van der Waals surface area contributed by atoms with Crippen molar-refractivity contribution in [3.63, 3.8) is 0 Å². The number of nitrogens with zero attached hydrogens (tertiary/aromatic N) is 1. The zero-order chi connectivity index (χ0) is 15.7. The van der Waals surface area contributed by atoms with E-state index in [1.807, 2.05) is 0 Å². The maximum atomic E-state index is 13.2. The molecule has 0 atom stereocenters. The van der Waals surface area contributed by atoms with Crippen molar-refractivity contribution in [2.75, 3.05) is 31.3 Å². The van der Waals surface area contributed by atoms with E-state index in [-0.39, 0.29) is 27.4 Å². The van der Waals surface area contributed by atoms with Crippen molar-refractivity contribution in [1.29, 1.82) is 0 Å². The molecular weight excluding hydrogens is 375 g/mol. The van der Waals surface area contributed by atoms with E-state index in [4.69, 9.17) is 5.73 Å². The summed E-state index contributed by atoms with van der Waals surface area (Å²) in [6.07, 6.45) is 1.01. The first-order valence-corrected chi connectivity index (χ1v) is 9.63. The van der Waals surface area contributed by atoms with Gasteiger partial charge in [0.05, 0.1) is 16.3 Å². The summed E-state index contributed by atoms with van der Waals surface area (Å²) < 4.78 is 60.8. The van der Waals surface area contributed by atoms with Gasteiger partial charge in [0.15, 0.2) is 0 Å². The molecule has 6 nitrogen and oxygen atoms in total. The van der Waals surface area contributed by atoms with Crippen LogP contribution in [0.2, 0.25) is 0 Å². The van der Waals surface area contributed by atoms with Gasteiger partial charge in [-0.25, -0.2) is 21.2 Å². The van der Waals surface area contributed by atoms with Gasteiger partial charge in [-0.2, -0.15) is 4.31 Å². The summed E-state index contributed by atoms with van der Waals surface area (Å²) in [7, 11) is -6.00. The van der Waals surface area contributed by atoms with Gasteiger partial charge in [-0.15, -0.1) is 0 Å². The van der Waals surface area contributed by atoms with Crippen LogP contribution in [-0.4, -0.2) is 46.7 Å². The Labute approximate surface area is 125 Å². The lowest BCUT2D eigenvalue weighted by atomic mass is 10.3. The molecule has 20 heavy (non-hydrogen) atoms. The molecule has 0 amide bonds. The zero-order valence-electron chi connectivity index (χ0n) is 10.8. The van der Waals surface area contributed by atoms with E-state index in [9.17, 15) is 21.2 Å². The number of hydrogen-bond donors (Lipinski definition) is 1. The van der Waals surface area contributed by atoms with Crippen LogP contribution >= 0.6 is 15.9 Å². The first-order chi connectivity index (χ1) is 8.95. The maximum Gasteiger partial charge on any atom is 0.244 e. The van der Waals surface area contributed by atoms with E-state index >= 15 is 0 Å². The standard InChI is InChI=1S/C10H14BrFN2O4S2/c1-14(3-4-19(2,15)16)20(17,18)10-6-9(13)8(12)5-7(10)11/h5-6H,3-4,13H2,1-2H3. The number of sulfone groups is 1. The van der Waals surface area contributed by atoms with E-state index in [0.29, 0.717) is 0 Å². The van der Waals surface area contributed by atoms with Crippen LogP contribution in [0.5, 0.6) is 0 Å². The predicted molar refractivity (Wildman–Crippen MR) is 78.0 cm³/mol. The van der Waals surface area contributed by atoms with Crippen molar-refractivity contribution < 1.29 is 21.2 Å². The summed E-state index contributed by atoms with van der Waals surface area (Å²) in [4.78, 5) is -0.215. The van der Waals surface area contributed by atoms with Crippen LogP contribution in [0.4, 0.5) is 10.1 Å². The minimum Gasteiger partial charge on any atom is -0.396 e. The predicted octanol–water partition coefficient (Wildman–Crippen LogP) is 0.836. The van der Waals surface area contributed by atoms with E-state index in [0.717, 1.165) is 22.7 Å². The van der Waals surface area contributed by atoms with Crippen molar-refractivity contribution in [3.05, 3.63) is 22.4 Å². The second-order valence-electron chi connectivity index (χ2n) is 4.26. The second-order valence-corrected chi connectivity index (χ2v) is 9.39. The Morgan fingerprint density at radius 2 is 1.85 bits per heavy atom. The molecule has 1 aromatic rings. The van der Waals surface area contributed by atoms with Gasteiger partial charge in [0.2, 0.25) is 10.0 Å². The van der Waals surface area contributed by atoms with Crippen LogP contribution in [0, 0.1) is 5.82 Å². The monoisotopic (exact) mass is 388 g/mol. The van der Waals surface area contributed by atoms with Gasteiger partial charge in [0.1, 0.15) is 15.7 Å². The molecule has 0 fully saturated rings. The quantitative estimate of drug-likeness (QED) is 0.753. The highest BCUT2D eigenvalue weighted by molar-refractivity contribution is 9.10. The number of anilines is 1. The Kier molecular flexibility index (Phi) is 5.17. The number of hydrogen-bond acceptors (Lipinski definition) is 5. The fourth-order valence-corrected chi connectivity index (χ4v) is 4.22. The average molecular weight is 389 g/mol.